The van der Waals surface area contributed by atoms with Crippen molar-refractivity contribution in [2.24, 2.45) is 0 Å². The largest absolute Gasteiger partial charge is 0.247 e. The lowest BCUT2D eigenvalue weighted by molar-refractivity contribution is 0.686. The minimum absolute atomic E-state index is 0.310. The van der Waals surface area contributed by atoms with Gasteiger partial charge in [0.1, 0.15) is 0 Å². The summed E-state index contributed by atoms with van der Waals surface area (Å²) in [6.07, 6.45) is 9.29. The van der Waals surface area contributed by atoms with Crippen molar-refractivity contribution in [3.8, 4) is 0 Å². The van der Waals surface area contributed by atoms with E-state index in [1.807, 2.05) is 18.2 Å². The smallest absolute Gasteiger partial charge is 0.0880 e. The third-order valence-electron chi connectivity index (χ3n) is 1.69. The van der Waals surface area contributed by atoms with E-state index in [0.717, 1.165) is 6.42 Å². The van der Waals surface area contributed by atoms with E-state index in [-0.39, 0.29) is 0 Å². The summed E-state index contributed by atoms with van der Waals surface area (Å²) in [6, 6.07) is 0. The predicted octanol–water partition coefficient (Wildman–Crippen LogP) is 1.65. The molecule has 2 rings (SSSR count). The van der Waals surface area contributed by atoms with Gasteiger partial charge in [-0.05, 0) is 6.42 Å². The maximum atomic E-state index is 11.2. The zero-order valence-corrected chi connectivity index (χ0v) is 7.03. The average Bonchev–Trinajstić information content (AvgIpc) is 2.18. The molecule has 0 aromatic carbocycles. The Morgan fingerprint density at radius 1 is 1.40 bits per heavy atom. The highest BCUT2D eigenvalue weighted by molar-refractivity contribution is 8.70. The van der Waals surface area contributed by atoms with Crippen LogP contribution in [0.15, 0.2) is 24.3 Å². The van der Waals surface area contributed by atoms with Gasteiger partial charge in [-0.1, -0.05) is 35.1 Å². The second-order valence-electron chi connectivity index (χ2n) is 2.44. The molecular weight excluding hydrogens is 164 g/mol. The SMILES string of the molecule is O=S1SC2C=CC=CC1C2. The van der Waals surface area contributed by atoms with Gasteiger partial charge in [-0.3, -0.25) is 0 Å². The zero-order chi connectivity index (χ0) is 6.97. The van der Waals surface area contributed by atoms with Crippen molar-refractivity contribution in [3.05, 3.63) is 24.3 Å². The molecule has 1 saturated heterocycles. The monoisotopic (exact) mass is 172 g/mol. The molecule has 1 fully saturated rings. The molecule has 54 valence electrons. The quantitative estimate of drug-likeness (QED) is 0.517. The standard InChI is InChI=1S/C7H8OS2/c8-10-7-4-2-1-3-6(5-7)9-10/h1-4,6-7H,5H2. The molecule has 0 aromatic rings. The van der Waals surface area contributed by atoms with E-state index in [9.17, 15) is 4.21 Å². The molecule has 0 spiro atoms. The van der Waals surface area contributed by atoms with Crippen LogP contribution in [0, 0.1) is 0 Å². The molecule has 2 bridgehead atoms. The first kappa shape index (κ1) is 6.68. The molecule has 2 aliphatic rings. The van der Waals surface area contributed by atoms with E-state index in [1.54, 1.807) is 10.8 Å². The van der Waals surface area contributed by atoms with Crippen molar-refractivity contribution >= 4 is 20.6 Å². The summed E-state index contributed by atoms with van der Waals surface area (Å²) in [5.41, 5.74) is 0. The third-order valence-corrected chi connectivity index (χ3v) is 5.38. The van der Waals surface area contributed by atoms with Crippen LogP contribution in [0.25, 0.3) is 0 Å². The first-order chi connectivity index (χ1) is 4.86. The maximum Gasteiger partial charge on any atom is 0.0880 e. The highest BCUT2D eigenvalue weighted by Crippen LogP contribution is 2.36. The van der Waals surface area contributed by atoms with Gasteiger partial charge in [-0.15, -0.1) is 0 Å². The fourth-order valence-corrected chi connectivity index (χ4v) is 4.72. The Labute approximate surface area is 66.4 Å². The van der Waals surface area contributed by atoms with Crippen molar-refractivity contribution in [2.75, 3.05) is 0 Å². The molecule has 1 heterocycles. The lowest BCUT2D eigenvalue weighted by Gasteiger charge is -1.95. The second kappa shape index (κ2) is 2.55. The highest BCUT2D eigenvalue weighted by Gasteiger charge is 2.29. The van der Waals surface area contributed by atoms with Gasteiger partial charge in [0.25, 0.3) is 0 Å². The van der Waals surface area contributed by atoms with Crippen LogP contribution in [0.2, 0.25) is 0 Å². The normalized spacial score (nSPS) is 43.8. The Kier molecular flexibility index (Phi) is 1.70. The average molecular weight is 172 g/mol. The van der Waals surface area contributed by atoms with Crippen LogP contribution in [-0.2, 0) is 9.83 Å². The molecule has 3 atom stereocenters. The van der Waals surface area contributed by atoms with E-state index in [4.69, 9.17) is 0 Å². The van der Waals surface area contributed by atoms with Crippen molar-refractivity contribution in [1.29, 1.82) is 0 Å². The molecule has 0 saturated carbocycles. The van der Waals surface area contributed by atoms with E-state index in [1.165, 1.54) is 0 Å². The van der Waals surface area contributed by atoms with E-state index in [2.05, 4.69) is 6.08 Å². The minimum Gasteiger partial charge on any atom is -0.247 e. The van der Waals surface area contributed by atoms with Gasteiger partial charge in [0.2, 0.25) is 0 Å². The Bertz CT molecular complexity index is 220. The summed E-state index contributed by atoms with van der Waals surface area (Å²) >= 11 is 0. The topological polar surface area (TPSA) is 17.1 Å². The molecular formula is C7H8OS2. The number of allylic oxidation sites excluding steroid dienone is 2. The Hall–Kier alpha value is -0.0200. The molecule has 1 nitrogen and oxygen atoms in total. The summed E-state index contributed by atoms with van der Waals surface area (Å²) in [5, 5.41) is 0.811. The Morgan fingerprint density at radius 2 is 2.20 bits per heavy atom. The summed E-state index contributed by atoms with van der Waals surface area (Å²) in [7, 11) is 0.923. The number of rotatable bonds is 0. The van der Waals surface area contributed by atoms with Gasteiger partial charge < -0.3 is 0 Å². The van der Waals surface area contributed by atoms with Crippen molar-refractivity contribution in [3.63, 3.8) is 0 Å². The van der Waals surface area contributed by atoms with Crippen LogP contribution in [0.3, 0.4) is 0 Å². The predicted molar refractivity (Wildman–Crippen MR) is 46.2 cm³/mol. The second-order valence-corrected chi connectivity index (χ2v) is 5.93. The lowest BCUT2D eigenvalue weighted by Crippen LogP contribution is -2.01. The molecule has 3 unspecified atom stereocenters. The lowest BCUT2D eigenvalue weighted by atomic mass is 10.2. The van der Waals surface area contributed by atoms with Crippen LogP contribution in [-0.4, -0.2) is 14.7 Å². The van der Waals surface area contributed by atoms with Gasteiger partial charge in [0.15, 0.2) is 0 Å². The molecule has 0 aromatic heterocycles. The van der Waals surface area contributed by atoms with Crippen LogP contribution in [0.5, 0.6) is 0 Å². The molecule has 0 N–H and O–H groups in total. The van der Waals surface area contributed by atoms with Gasteiger partial charge in [0, 0.05) is 5.25 Å². The number of hydrogen-bond donors (Lipinski definition) is 0. The van der Waals surface area contributed by atoms with Gasteiger partial charge in [0.05, 0.1) is 15.1 Å². The fourth-order valence-electron chi connectivity index (χ4n) is 1.17. The molecule has 0 radical (unpaired) electrons. The Balaban J connectivity index is 2.29. The molecule has 10 heavy (non-hydrogen) atoms. The first-order valence-corrected chi connectivity index (χ1v) is 5.90. The van der Waals surface area contributed by atoms with Gasteiger partial charge >= 0.3 is 0 Å². The fraction of sp³-hybridized carbons (Fsp3) is 0.429. The van der Waals surface area contributed by atoms with Crippen LogP contribution >= 0.6 is 10.8 Å². The van der Waals surface area contributed by atoms with E-state index in [0.29, 0.717) is 10.5 Å². The van der Waals surface area contributed by atoms with Gasteiger partial charge in [-0.25, -0.2) is 4.21 Å². The molecule has 0 amide bonds. The van der Waals surface area contributed by atoms with E-state index < -0.39 is 9.83 Å². The van der Waals surface area contributed by atoms with Crippen molar-refractivity contribution in [2.45, 2.75) is 16.9 Å². The summed E-state index contributed by atoms with van der Waals surface area (Å²) < 4.78 is 11.2. The van der Waals surface area contributed by atoms with Crippen LogP contribution in [0.1, 0.15) is 6.42 Å². The molecule has 3 heteroatoms. The van der Waals surface area contributed by atoms with Crippen molar-refractivity contribution < 1.29 is 4.21 Å². The number of hydrogen-bond acceptors (Lipinski definition) is 2. The van der Waals surface area contributed by atoms with Crippen LogP contribution < -0.4 is 0 Å². The van der Waals surface area contributed by atoms with E-state index >= 15 is 0 Å². The molecule has 1 aliphatic heterocycles. The first-order valence-electron chi connectivity index (χ1n) is 3.29. The van der Waals surface area contributed by atoms with Crippen LogP contribution in [0.4, 0.5) is 0 Å². The Morgan fingerprint density at radius 3 is 3.10 bits per heavy atom. The van der Waals surface area contributed by atoms with Crippen molar-refractivity contribution in [1.82, 2.24) is 0 Å². The van der Waals surface area contributed by atoms with Gasteiger partial charge in [-0.2, -0.15) is 0 Å². The molecule has 1 aliphatic carbocycles. The third kappa shape index (κ3) is 1.08. The zero-order valence-electron chi connectivity index (χ0n) is 5.40. The summed E-state index contributed by atoms with van der Waals surface area (Å²) in [6.45, 7) is 0. The summed E-state index contributed by atoms with van der Waals surface area (Å²) in [4.78, 5) is 0. The summed E-state index contributed by atoms with van der Waals surface area (Å²) in [5.74, 6) is 0. The minimum atomic E-state index is -0.661. The maximum absolute atomic E-state index is 11.2. The number of fused-ring (bicyclic) bond motifs is 2. The highest BCUT2D eigenvalue weighted by atomic mass is 33.1.